The molecule has 1 rings (SSSR count). The van der Waals surface area contributed by atoms with E-state index < -0.39 is 23.8 Å². The normalized spacial score (nSPS) is 10.5. The summed E-state index contributed by atoms with van der Waals surface area (Å²) in [5, 5.41) is 11.0. The van der Waals surface area contributed by atoms with E-state index in [4.69, 9.17) is 14.6 Å². The Morgan fingerprint density at radius 2 is 1.67 bits per heavy atom. The molecule has 1 aromatic heterocycles. The van der Waals surface area contributed by atoms with Crippen LogP contribution in [0, 0.1) is 6.92 Å². The zero-order chi connectivity index (χ0) is 18.3. The predicted molar refractivity (Wildman–Crippen MR) is 86.4 cm³/mol. The second-order valence-electron chi connectivity index (χ2n) is 4.36. The van der Waals surface area contributed by atoms with Crippen molar-refractivity contribution >= 4 is 40.2 Å². The maximum Gasteiger partial charge on any atom is 0.348 e. The second-order valence-corrected chi connectivity index (χ2v) is 5.38. The number of hydrogen-bond acceptors (Lipinski definition) is 7. The molecule has 1 amide bonds. The van der Waals surface area contributed by atoms with Gasteiger partial charge in [-0.15, -0.1) is 11.3 Å². The van der Waals surface area contributed by atoms with Crippen LogP contribution in [0.15, 0.2) is 12.2 Å². The van der Waals surface area contributed by atoms with Crippen molar-refractivity contribution in [2.45, 2.75) is 20.8 Å². The number of esters is 2. The van der Waals surface area contributed by atoms with Crippen molar-refractivity contribution in [1.29, 1.82) is 0 Å². The van der Waals surface area contributed by atoms with Gasteiger partial charge in [-0.25, -0.2) is 14.4 Å². The molecule has 1 aromatic rings. The van der Waals surface area contributed by atoms with E-state index in [-0.39, 0.29) is 28.7 Å². The summed E-state index contributed by atoms with van der Waals surface area (Å²) in [7, 11) is 0. The molecule has 0 aliphatic rings. The third kappa shape index (κ3) is 4.92. The second kappa shape index (κ2) is 8.82. The number of carboxylic acid groups (broad SMARTS) is 1. The number of ether oxygens (including phenoxy) is 2. The van der Waals surface area contributed by atoms with Gasteiger partial charge in [-0.05, 0) is 26.3 Å². The monoisotopic (exact) mass is 355 g/mol. The molecular formula is C15H17NO7S. The van der Waals surface area contributed by atoms with Crippen molar-refractivity contribution in [3.63, 3.8) is 0 Å². The van der Waals surface area contributed by atoms with E-state index in [1.54, 1.807) is 13.8 Å². The molecule has 0 spiro atoms. The number of aliphatic carboxylic acids is 1. The molecule has 0 fully saturated rings. The van der Waals surface area contributed by atoms with Gasteiger partial charge in [-0.1, -0.05) is 0 Å². The number of carbonyl (C=O) groups excluding carboxylic acids is 3. The summed E-state index contributed by atoms with van der Waals surface area (Å²) in [5.74, 6) is -3.35. The minimum absolute atomic E-state index is 0.0435. The maximum absolute atomic E-state index is 12.1. The SMILES string of the molecule is CCOC(=O)c1sc(NC(=O)/C=C\C(=O)O)c(C(=O)OCC)c1C. The van der Waals surface area contributed by atoms with Crippen molar-refractivity contribution in [2.24, 2.45) is 0 Å². The standard InChI is InChI=1S/C15H17NO7S/c1-4-22-14(20)11-8(3)12(15(21)23-5-2)24-13(11)16-9(17)6-7-10(18)19/h6-7H,4-5H2,1-3H3,(H,16,17)(H,18,19)/b7-6-. The highest BCUT2D eigenvalue weighted by Crippen LogP contribution is 2.34. The summed E-state index contributed by atoms with van der Waals surface area (Å²) < 4.78 is 9.85. The number of rotatable bonds is 7. The van der Waals surface area contributed by atoms with E-state index in [1.165, 1.54) is 6.92 Å². The van der Waals surface area contributed by atoms with Gasteiger partial charge < -0.3 is 19.9 Å². The molecule has 9 heteroatoms. The van der Waals surface area contributed by atoms with Gasteiger partial charge in [0.25, 0.3) is 0 Å². The van der Waals surface area contributed by atoms with Gasteiger partial charge in [0, 0.05) is 12.2 Å². The van der Waals surface area contributed by atoms with E-state index in [9.17, 15) is 19.2 Å². The van der Waals surface area contributed by atoms with Crippen LogP contribution in [0.4, 0.5) is 5.00 Å². The third-order valence-corrected chi connectivity index (χ3v) is 3.89. The first-order valence-corrected chi connectivity index (χ1v) is 7.83. The van der Waals surface area contributed by atoms with E-state index in [0.717, 1.165) is 17.4 Å². The van der Waals surface area contributed by atoms with E-state index >= 15 is 0 Å². The van der Waals surface area contributed by atoms with Crippen LogP contribution in [0.1, 0.15) is 39.4 Å². The summed E-state index contributed by atoms with van der Waals surface area (Å²) in [5.41, 5.74) is 0.372. The lowest BCUT2D eigenvalue weighted by Crippen LogP contribution is -2.13. The first-order chi connectivity index (χ1) is 11.3. The molecule has 24 heavy (non-hydrogen) atoms. The summed E-state index contributed by atoms with van der Waals surface area (Å²) in [6.45, 7) is 5.09. The number of anilines is 1. The zero-order valence-corrected chi connectivity index (χ0v) is 14.2. The van der Waals surface area contributed by atoms with Crippen molar-refractivity contribution < 1.29 is 33.8 Å². The molecule has 0 unspecified atom stereocenters. The smallest absolute Gasteiger partial charge is 0.348 e. The van der Waals surface area contributed by atoms with Gasteiger partial charge in [-0.2, -0.15) is 0 Å². The molecule has 0 bridgehead atoms. The molecular weight excluding hydrogens is 338 g/mol. The van der Waals surface area contributed by atoms with Crippen LogP contribution in [-0.2, 0) is 19.1 Å². The van der Waals surface area contributed by atoms with Crippen LogP contribution in [0.25, 0.3) is 0 Å². The Kier molecular flexibility index (Phi) is 7.12. The molecule has 0 aliphatic heterocycles. The van der Waals surface area contributed by atoms with Gasteiger partial charge in [0.1, 0.15) is 9.88 Å². The van der Waals surface area contributed by atoms with E-state index in [2.05, 4.69) is 5.32 Å². The van der Waals surface area contributed by atoms with Gasteiger partial charge in [-0.3, -0.25) is 4.79 Å². The number of nitrogens with one attached hydrogen (secondary N) is 1. The molecule has 0 atom stereocenters. The number of hydrogen-bond donors (Lipinski definition) is 2. The van der Waals surface area contributed by atoms with Gasteiger partial charge in [0.15, 0.2) is 0 Å². The van der Waals surface area contributed by atoms with Crippen LogP contribution in [0.3, 0.4) is 0 Å². The zero-order valence-electron chi connectivity index (χ0n) is 13.4. The van der Waals surface area contributed by atoms with Crippen molar-refractivity contribution in [1.82, 2.24) is 0 Å². The molecule has 2 N–H and O–H groups in total. The predicted octanol–water partition coefficient (Wildman–Crippen LogP) is 1.99. The number of carboxylic acids is 1. The molecule has 0 aliphatic carbocycles. The lowest BCUT2D eigenvalue weighted by Gasteiger charge is -2.05. The summed E-state index contributed by atoms with van der Waals surface area (Å²) in [6, 6.07) is 0. The third-order valence-electron chi connectivity index (χ3n) is 2.70. The number of thiophene rings is 1. The number of carbonyl (C=O) groups is 4. The Morgan fingerprint density at radius 3 is 2.21 bits per heavy atom. The van der Waals surface area contributed by atoms with Gasteiger partial charge >= 0.3 is 17.9 Å². The van der Waals surface area contributed by atoms with Crippen molar-refractivity contribution in [3.8, 4) is 0 Å². The Morgan fingerprint density at radius 1 is 1.08 bits per heavy atom. The average Bonchev–Trinajstić information content (AvgIpc) is 2.82. The van der Waals surface area contributed by atoms with E-state index in [0.29, 0.717) is 11.6 Å². The Bertz CT molecular complexity index is 690. The van der Waals surface area contributed by atoms with E-state index in [1.807, 2.05) is 0 Å². The fourth-order valence-corrected chi connectivity index (χ4v) is 2.83. The molecule has 130 valence electrons. The average molecular weight is 355 g/mol. The first kappa shape index (κ1) is 19.4. The first-order valence-electron chi connectivity index (χ1n) is 7.01. The molecule has 0 saturated heterocycles. The fraction of sp³-hybridized carbons (Fsp3) is 0.333. The highest BCUT2D eigenvalue weighted by atomic mass is 32.1. The van der Waals surface area contributed by atoms with Crippen LogP contribution < -0.4 is 5.32 Å². The Labute approximate surface area is 142 Å². The summed E-state index contributed by atoms with van der Waals surface area (Å²) in [4.78, 5) is 46.4. The largest absolute Gasteiger partial charge is 0.478 e. The molecule has 1 heterocycles. The quantitative estimate of drug-likeness (QED) is 0.567. The highest BCUT2D eigenvalue weighted by molar-refractivity contribution is 7.18. The van der Waals surface area contributed by atoms with Crippen LogP contribution in [-0.4, -0.2) is 42.1 Å². The maximum atomic E-state index is 12.1. The summed E-state index contributed by atoms with van der Waals surface area (Å²) in [6.07, 6.45) is 1.46. The molecule has 0 aromatic carbocycles. The van der Waals surface area contributed by atoms with Crippen LogP contribution in [0.2, 0.25) is 0 Å². The highest BCUT2D eigenvalue weighted by Gasteiger charge is 2.26. The summed E-state index contributed by atoms with van der Waals surface area (Å²) >= 11 is 0.862. The topological polar surface area (TPSA) is 119 Å². The Balaban J connectivity index is 3.23. The van der Waals surface area contributed by atoms with Gasteiger partial charge in [0.05, 0.1) is 18.8 Å². The van der Waals surface area contributed by atoms with Crippen molar-refractivity contribution in [2.75, 3.05) is 18.5 Å². The minimum Gasteiger partial charge on any atom is -0.478 e. The number of amides is 1. The van der Waals surface area contributed by atoms with Gasteiger partial charge in [0.2, 0.25) is 5.91 Å². The fourth-order valence-electron chi connectivity index (χ4n) is 1.74. The molecule has 0 radical (unpaired) electrons. The molecule has 8 nitrogen and oxygen atoms in total. The lowest BCUT2D eigenvalue weighted by atomic mass is 10.1. The van der Waals surface area contributed by atoms with Crippen LogP contribution >= 0.6 is 11.3 Å². The lowest BCUT2D eigenvalue weighted by molar-refractivity contribution is -0.131. The molecule has 0 saturated carbocycles. The van der Waals surface area contributed by atoms with Crippen LogP contribution in [0.5, 0.6) is 0 Å². The Hall–Kier alpha value is -2.68. The minimum atomic E-state index is -1.29. The van der Waals surface area contributed by atoms with Crippen molar-refractivity contribution in [3.05, 3.63) is 28.2 Å².